The number of sulfonamides is 1. The molecule has 0 bridgehead atoms. The van der Waals surface area contributed by atoms with E-state index in [0.29, 0.717) is 29.8 Å². The van der Waals surface area contributed by atoms with Crippen LogP contribution >= 0.6 is 27.3 Å². The van der Waals surface area contributed by atoms with E-state index >= 15 is 0 Å². The van der Waals surface area contributed by atoms with Gasteiger partial charge >= 0.3 is 0 Å². The first kappa shape index (κ1) is 16.5. The summed E-state index contributed by atoms with van der Waals surface area (Å²) in [5, 5.41) is 0. The molecule has 114 valence electrons. The second kappa shape index (κ2) is 6.46. The van der Waals surface area contributed by atoms with Crippen LogP contribution in [0.4, 0.5) is 0 Å². The number of hydrogen-bond acceptors (Lipinski definition) is 3. The van der Waals surface area contributed by atoms with Crippen LogP contribution in [0.1, 0.15) is 38.0 Å². The molecule has 1 fully saturated rings. The minimum absolute atomic E-state index is 0.470. The molecule has 3 nitrogen and oxygen atoms in total. The summed E-state index contributed by atoms with van der Waals surface area (Å²) in [6.45, 7) is 7.64. The Morgan fingerprint density at radius 2 is 2.05 bits per heavy atom. The van der Waals surface area contributed by atoms with Crippen molar-refractivity contribution in [2.75, 3.05) is 13.1 Å². The number of hydrogen-bond donors (Lipinski definition) is 0. The zero-order valence-electron chi connectivity index (χ0n) is 12.2. The van der Waals surface area contributed by atoms with Crippen LogP contribution in [0.25, 0.3) is 0 Å². The Morgan fingerprint density at radius 3 is 2.60 bits per heavy atom. The number of aryl methyl sites for hydroxylation is 1. The van der Waals surface area contributed by atoms with Crippen molar-refractivity contribution >= 4 is 37.3 Å². The Balaban J connectivity index is 2.20. The fraction of sp³-hybridized carbons (Fsp3) is 0.714. The van der Waals surface area contributed by atoms with E-state index in [-0.39, 0.29) is 0 Å². The molecule has 1 saturated heterocycles. The van der Waals surface area contributed by atoms with Crippen LogP contribution in [0.3, 0.4) is 0 Å². The van der Waals surface area contributed by atoms with Crippen LogP contribution < -0.4 is 0 Å². The van der Waals surface area contributed by atoms with Gasteiger partial charge in [0, 0.05) is 18.0 Å². The first-order chi connectivity index (χ1) is 9.32. The average Bonchev–Trinajstić information content (AvgIpc) is 2.59. The second-order valence-corrected chi connectivity index (χ2v) is 10.4. The average molecular weight is 380 g/mol. The van der Waals surface area contributed by atoms with Crippen molar-refractivity contribution in [2.45, 2.75) is 44.9 Å². The lowest BCUT2D eigenvalue weighted by Crippen LogP contribution is -2.32. The van der Waals surface area contributed by atoms with Gasteiger partial charge in [-0.15, -0.1) is 11.3 Å². The van der Waals surface area contributed by atoms with Gasteiger partial charge in [-0.25, -0.2) is 8.42 Å². The third-order valence-corrected chi connectivity index (χ3v) is 7.84. The normalized spacial score (nSPS) is 22.1. The summed E-state index contributed by atoms with van der Waals surface area (Å²) in [5.74, 6) is 1.28. The molecule has 0 saturated carbocycles. The molecule has 1 aromatic rings. The molecule has 1 aliphatic heterocycles. The van der Waals surface area contributed by atoms with Gasteiger partial charge in [0.15, 0.2) is 0 Å². The van der Waals surface area contributed by atoms with Gasteiger partial charge in [0.2, 0.25) is 10.0 Å². The van der Waals surface area contributed by atoms with Gasteiger partial charge in [-0.3, -0.25) is 0 Å². The summed E-state index contributed by atoms with van der Waals surface area (Å²) in [5.41, 5.74) is 0. The van der Waals surface area contributed by atoms with Crippen molar-refractivity contribution in [2.24, 2.45) is 11.8 Å². The third kappa shape index (κ3) is 3.46. The monoisotopic (exact) mass is 379 g/mol. The van der Waals surface area contributed by atoms with E-state index in [1.165, 1.54) is 11.3 Å². The predicted octanol–water partition coefficient (Wildman–Crippen LogP) is 4.27. The lowest BCUT2D eigenvalue weighted by Gasteiger charge is -2.21. The lowest BCUT2D eigenvalue weighted by molar-refractivity contribution is 0.341. The molecule has 6 heteroatoms. The summed E-state index contributed by atoms with van der Waals surface area (Å²) >= 11 is 4.86. The highest BCUT2D eigenvalue weighted by Crippen LogP contribution is 2.33. The molecule has 0 radical (unpaired) electrons. The van der Waals surface area contributed by atoms with E-state index in [1.807, 2.05) is 6.92 Å². The molecule has 1 unspecified atom stereocenters. The quantitative estimate of drug-likeness (QED) is 0.786. The fourth-order valence-corrected chi connectivity index (χ4v) is 6.71. The molecule has 2 heterocycles. The highest BCUT2D eigenvalue weighted by atomic mass is 79.9. The molecule has 0 N–H and O–H groups in total. The van der Waals surface area contributed by atoms with Crippen LogP contribution in [0.15, 0.2) is 14.7 Å². The Kier molecular flexibility index (Phi) is 5.32. The Labute approximate surface area is 134 Å². The van der Waals surface area contributed by atoms with Crippen molar-refractivity contribution in [1.29, 1.82) is 0 Å². The SMILES string of the molecule is Cc1sc(Br)cc1S(=O)(=O)N1CCCC(C(C)C)CC1. The van der Waals surface area contributed by atoms with Gasteiger partial charge in [0.1, 0.15) is 0 Å². The van der Waals surface area contributed by atoms with Gasteiger partial charge < -0.3 is 0 Å². The van der Waals surface area contributed by atoms with Crippen molar-refractivity contribution in [3.63, 3.8) is 0 Å². The molecule has 0 aromatic carbocycles. The molecule has 1 aliphatic rings. The maximum Gasteiger partial charge on any atom is 0.244 e. The highest BCUT2D eigenvalue weighted by molar-refractivity contribution is 9.11. The van der Waals surface area contributed by atoms with Gasteiger partial charge in [-0.1, -0.05) is 13.8 Å². The maximum atomic E-state index is 12.8. The molecule has 1 atom stereocenters. The Bertz CT molecular complexity index is 566. The Morgan fingerprint density at radius 1 is 1.35 bits per heavy atom. The van der Waals surface area contributed by atoms with E-state index in [2.05, 4.69) is 29.8 Å². The van der Waals surface area contributed by atoms with E-state index in [0.717, 1.165) is 27.9 Å². The number of rotatable bonds is 3. The predicted molar refractivity (Wildman–Crippen MR) is 87.7 cm³/mol. The molecular weight excluding hydrogens is 358 g/mol. The maximum absolute atomic E-state index is 12.8. The smallest absolute Gasteiger partial charge is 0.207 e. The zero-order chi connectivity index (χ0) is 14.9. The van der Waals surface area contributed by atoms with Crippen molar-refractivity contribution < 1.29 is 8.42 Å². The van der Waals surface area contributed by atoms with Gasteiger partial charge in [-0.2, -0.15) is 4.31 Å². The van der Waals surface area contributed by atoms with Gasteiger partial charge in [-0.05, 0) is 60.0 Å². The van der Waals surface area contributed by atoms with Gasteiger partial charge in [0.25, 0.3) is 0 Å². The molecule has 0 amide bonds. The summed E-state index contributed by atoms with van der Waals surface area (Å²) in [6.07, 6.45) is 3.07. The number of halogens is 1. The fourth-order valence-electron chi connectivity index (χ4n) is 2.83. The zero-order valence-corrected chi connectivity index (χ0v) is 15.4. The largest absolute Gasteiger partial charge is 0.244 e. The van der Waals surface area contributed by atoms with Gasteiger partial charge in [0.05, 0.1) is 8.68 Å². The van der Waals surface area contributed by atoms with Crippen LogP contribution in [-0.4, -0.2) is 25.8 Å². The minimum Gasteiger partial charge on any atom is -0.207 e. The third-order valence-electron chi connectivity index (χ3n) is 4.13. The summed E-state index contributed by atoms with van der Waals surface area (Å²) in [6, 6.07) is 1.74. The molecule has 0 spiro atoms. The lowest BCUT2D eigenvalue weighted by atomic mass is 9.89. The topological polar surface area (TPSA) is 37.4 Å². The highest BCUT2D eigenvalue weighted by Gasteiger charge is 2.30. The minimum atomic E-state index is -3.33. The molecular formula is C14H22BrNO2S2. The van der Waals surface area contributed by atoms with E-state index < -0.39 is 10.0 Å². The summed E-state index contributed by atoms with van der Waals surface area (Å²) in [4.78, 5) is 1.33. The standard InChI is InChI=1S/C14H22BrNO2S2/c1-10(2)12-5-4-7-16(8-6-12)20(17,18)13-9-14(15)19-11(13)3/h9-10,12H,4-8H2,1-3H3. The summed E-state index contributed by atoms with van der Waals surface area (Å²) < 4.78 is 28.1. The van der Waals surface area contributed by atoms with Crippen molar-refractivity contribution in [3.05, 3.63) is 14.7 Å². The molecule has 1 aromatic heterocycles. The number of nitrogens with zero attached hydrogens (tertiary/aromatic N) is 1. The van der Waals surface area contributed by atoms with Crippen LogP contribution in [0.5, 0.6) is 0 Å². The first-order valence-electron chi connectivity index (χ1n) is 7.08. The van der Waals surface area contributed by atoms with Crippen LogP contribution in [0, 0.1) is 18.8 Å². The molecule has 2 rings (SSSR count). The van der Waals surface area contributed by atoms with Crippen molar-refractivity contribution in [1.82, 2.24) is 4.31 Å². The van der Waals surface area contributed by atoms with E-state index in [4.69, 9.17) is 0 Å². The second-order valence-electron chi connectivity index (χ2n) is 5.81. The number of thiophene rings is 1. The van der Waals surface area contributed by atoms with Crippen LogP contribution in [0.2, 0.25) is 0 Å². The van der Waals surface area contributed by atoms with E-state index in [9.17, 15) is 8.42 Å². The first-order valence-corrected chi connectivity index (χ1v) is 10.1. The summed E-state index contributed by atoms with van der Waals surface area (Å²) in [7, 11) is -3.33. The van der Waals surface area contributed by atoms with Crippen LogP contribution in [-0.2, 0) is 10.0 Å². The molecule has 0 aliphatic carbocycles. The molecule has 20 heavy (non-hydrogen) atoms. The van der Waals surface area contributed by atoms with Crippen molar-refractivity contribution in [3.8, 4) is 0 Å². The van der Waals surface area contributed by atoms with E-state index in [1.54, 1.807) is 10.4 Å². The Hall–Kier alpha value is 0.0900.